The van der Waals surface area contributed by atoms with Crippen molar-refractivity contribution in [2.75, 3.05) is 0 Å². The standard InChI is InChI=1S/C21H18BrN/c1-13-4-8-20-17(10-13)18-11-14(2)5-9-21(18)23(20)16-6-7-19(22)15(3)12-16/h4-12H,1-3H3. The highest BCUT2D eigenvalue weighted by atomic mass is 79.9. The minimum atomic E-state index is 1.15. The number of hydrogen-bond acceptors (Lipinski definition) is 0. The molecule has 2 heteroatoms. The molecule has 1 aromatic heterocycles. The number of nitrogens with zero attached hydrogens (tertiary/aromatic N) is 1. The van der Waals surface area contributed by atoms with E-state index in [2.05, 4.69) is 95.9 Å². The van der Waals surface area contributed by atoms with E-state index in [0.717, 1.165) is 4.47 Å². The molecule has 0 atom stereocenters. The molecule has 3 aromatic carbocycles. The summed E-state index contributed by atoms with van der Waals surface area (Å²) in [6, 6.07) is 20.0. The molecule has 0 fully saturated rings. The van der Waals surface area contributed by atoms with E-state index in [0.29, 0.717) is 0 Å². The zero-order chi connectivity index (χ0) is 16.1. The Morgan fingerprint density at radius 2 is 1.26 bits per heavy atom. The SMILES string of the molecule is Cc1ccc2c(c1)c1cc(C)ccc1n2-c1ccc(Br)c(C)c1. The molecule has 4 rings (SSSR count). The van der Waals surface area contributed by atoms with E-state index in [1.165, 1.54) is 44.2 Å². The summed E-state index contributed by atoms with van der Waals surface area (Å²) in [5.41, 5.74) is 7.57. The second kappa shape index (κ2) is 5.24. The van der Waals surface area contributed by atoms with Crippen LogP contribution in [0.3, 0.4) is 0 Å². The monoisotopic (exact) mass is 363 g/mol. The molecule has 0 bridgehead atoms. The fraction of sp³-hybridized carbons (Fsp3) is 0.143. The molecule has 0 saturated heterocycles. The Morgan fingerprint density at radius 1 is 0.696 bits per heavy atom. The van der Waals surface area contributed by atoms with Crippen molar-refractivity contribution in [1.82, 2.24) is 4.57 Å². The van der Waals surface area contributed by atoms with E-state index in [9.17, 15) is 0 Å². The van der Waals surface area contributed by atoms with Crippen LogP contribution in [0.25, 0.3) is 27.5 Å². The Hall–Kier alpha value is -2.06. The summed E-state index contributed by atoms with van der Waals surface area (Å²) < 4.78 is 3.51. The third kappa shape index (κ3) is 2.29. The van der Waals surface area contributed by atoms with Crippen LogP contribution in [0.15, 0.2) is 59.1 Å². The number of aromatic nitrogens is 1. The summed E-state index contributed by atoms with van der Waals surface area (Å²) in [4.78, 5) is 0. The van der Waals surface area contributed by atoms with Gasteiger partial charge in [0.25, 0.3) is 0 Å². The molecule has 0 spiro atoms. The van der Waals surface area contributed by atoms with Crippen LogP contribution in [0.2, 0.25) is 0 Å². The van der Waals surface area contributed by atoms with Gasteiger partial charge >= 0.3 is 0 Å². The molecule has 114 valence electrons. The number of rotatable bonds is 1. The molecule has 1 nitrogen and oxygen atoms in total. The summed E-state index contributed by atoms with van der Waals surface area (Å²) >= 11 is 3.60. The number of fused-ring (bicyclic) bond motifs is 3. The van der Waals surface area contributed by atoms with Crippen LogP contribution in [0.5, 0.6) is 0 Å². The maximum Gasteiger partial charge on any atom is 0.0541 e. The average Bonchev–Trinajstić information content (AvgIpc) is 2.83. The lowest BCUT2D eigenvalue weighted by molar-refractivity contribution is 1.16. The van der Waals surface area contributed by atoms with Gasteiger partial charge in [-0.25, -0.2) is 0 Å². The molecule has 0 N–H and O–H groups in total. The van der Waals surface area contributed by atoms with Crippen LogP contribution in [0.1, 0.15) is 16.7 Å². The van der Waals surface area contributed by atoms with Gasteiger partial charge in [-0.3, -0.25) is 0 Å². The van der Waals surface area contributed by atoms with E-state index >= 15 is 0 Å². The Labute approximate surface area is 144 Å². The van der Waals surface area contributed by atoms with Crippen LogP contribution >= 0.6 is 15.9 Å². The van der Waals surface area contributed by atoms with Crippen molar-refractivity contribution in [3.63, 3.8) is 0 Å². The smallest absolute Gasteiger partial charge is 0.0541 e. The molecule has 4 aromatic rings. The van der Waals surface area contributed by atoms with Gasteiger partial charge in [0.15, 0.2) is 0 Å². The quantitative estimate of drug-likeness (QED) is 0.365. The lowest BCUT2D eigenvalue weighted by atomic mass is 10.1. The van der Waals surface area contributed by atoms with Gasteiger partial charge in [-0.05, 0) is 68.8 Å². The Balaban J connectivity index is 2.17. The normalized spacial score (nSPS) is 11.5. The maximum atomic E-state index is 3.60. The number of benzene rings is 3. The molecule has 0 aliphatic rings. The van der Waals surface area contributed by atoms with Crippen LogP contribution < -0.4 is 0 Å². The highest BCUT2D eigenvalue weighted by Gasteiger charge is 2.13. The van der Waals surface area contributed by atoms with Crippen LogP contribution in [-0.4, -0.2) is 4.57 Å². The van der Waals surface area contributed by atoms with Gasteiger partial charge in [-0.1, -0.05) is 39.2 Å². The number of hydrogen-bond donors (Lipinski definition) is 0. The number of halogens is 1. The summed E-state index contributed by atoms with van der Waals surface area (Å²) in [6.45, 7) is 6.44. The molecule has 0 unspecified atom stereocenters. The van der Waals surface area contributed by atoms with E-state index < -0.39 is 0 Å². The van der Waals surface area contributed by atoms with Crippen molar-refractivity contribution in [2.24, 2.45) is 0 Å². The van der Waals surface area contributed by atoms with Gasteiger partial charge in [0.1, 0.15) is 0 Å². The van der Waals surface area contributed by atoms with E-state index in [1.807, 2.05) is 0 Å². The first kappa shape index (κ1) is 14.5. The summed E-state index contributed by atoms with van der Waals surface area (Å²) in [7, 11) is 0. The topological polar surface area (TPSA) is 4.93 Å². The average molecular weight is 364 g/mol. The lowest BCUT2D eigenvalue weighted by Gasteiger charge is -2.10. The van der Waals surface area contributed by atoms with Crippen molar-refractivity contribution < 1.29 is 0 Å². The van der Waals surface area contributed by atoms with E-state index in [1.54, 1.807) is 0 Å². The lowest BCUT2D eigenvalue weighted by Crippen LogP contribution is -1.94. The zero-order valence-corrected chi connectivity index (χ0v) is 15.1. The van der Waals surface area contributed by atoms with Gasteiger partial charge in [-0.2, -0.15) is 0 Å². The van der Waals surface area contributed by atoms with Crippen LogP contribution in [-0.2, 0) is 0 Å². The summed E-state index contributed by atoms with van der Waals surface area (Å²) in [6.07, 6.45) is 0. The third-order valence-electron chi connectivity index (χ3n) is 4.48. The van der Waals surface area contributed by atoms with Gasteiger partial charge in [0.2, 0.25) is 0 Å². The second-order valence-corrected chi connectivity index (χ2v) is 7.16. The fourth-order valence-electron chi connectivity index (χ4n) is 3.30. The van der Waals surface area contributed by atoms with Gasteiger partial charge in [0.05, 0.1) is 11.0 Å². The molecular weight excluding hydrogens is 346 g/mol. The number of aryl methyl sites for hydroxylation is 3. The molecule has 0 amide bonds. The molecule has 23 heavy (non-hydrogen) atoms. The Kier molecular flexibility index (Phi) is 3.31. The van der Waals surface area contributed by atoms with Crippen LogP contribution in [0.4, 0.5) is 0 Å². The highest BCUT2D eigenvalue weighted by molar-refractivity contribution is 9.10. The van der Waals surface area contributed by atoms with Gasteiger partial charge in [0, 0.05) is 20.9 Å². The van der Waals surface area contributed by atoms with Crippen molar-refractivity contribution in [1.29, 1.82) is 0 Å². The molecular formula is C21H18BrN. The van der Waals surface area contributed by atoms with E-state index in [4.69, 9.17) is 0 Å². The predicted octanol–water partition coefficient (Wildman–Crippen LogP) is 6.47. The first-order valence-electron chi connectivity index (χ1n) is 7.82. The molecule has 0 aliphatic carbocycles. The summed E-state index contributed by atoms with van der Waals surface area (Å²) in [5.74, 6) is 0. The second-order valence-electron chi connectivity index (χ2n) is 6.31. The van der Waals surface area contributed by atoms with Gasteiger partial charge < -0.3 is 4.57 Å². The predicted molar refractivity (Wildman–Crippen MR) is 103 cm³/mol. The minimum Gasteiger partial charge on any atom is -0.309 e. The molecule has 0 aliphatic heterocycles. The first-order chi connectivity index (χ1) is 11.0. The zero-order valence-electron chi connectivity index (χ0n) is 13.5. The third-order valence-corrected chi connectivity index (χ3v) is 5.37. The largest absolute Gasteiger partial charge is 0.309 e. The Morgan fingerprint density at radius 3 is 1.78 bits per heavy atom. The fourth-order valence-corrected chi connectivity index (χ4v) is 3.54. The Bertz CT molecular complexity index is 997. The van der Waals surface area contributed by atoms with Crippen molar-refractivity contribution >= 4 is 37.7 Å². The van der Waals surface area contributed by atoms with Crippen molar-refractivity contribution in [2.45, 2.75) is 20.8 Å². The van der Waals surface area contributed by atoms with Crippen molar-refractivity contribution in [3.05, 3.63) is 75.8 Å². The molecule has 0 radical (unpaired) electrons. The van der Waals surface area contributed by atoms with E-state index in [-0.39, 0.29) is 0 Å². The van der Waals surface area contributed by atoms with Crippen LogP contribution in [0, 0.1) is 20.8 Å². The minimum absolute atomic E-state index is 1.15. The summed E-state index contributed by atoms with van der Waals surface area (Å²) in [5, 5.41) is 2.65. The molecule has 1 heterocycles. The first-order valence-corrected chi connectivity index (χ1v) is 8.62. The highest BCUT2D eigenvalue weighted by Crippen LogP contribution is 2.34. The van der Waals surface area contributed by atoms with Crippen molar-refractivity contribution in [3.8, 4) is 5.69 Å². The van der Waals surface area contributed by atoms with Gasteiger partial charge in [-0.15, -0.1) is 0 Å². The maximum absolute atomic E-state index is 3.60. The molecule has 0 saturated carbocycles.